The van der Waals surface area contributed by atoms with Crippen molar-refractivity contribution in [3.05, 3.63) is 24.0 Å². The summed E-state index contributed by atoms with van der Waals surface area (Å²) in [6.45, 7) is 6.83. The molecule has 2 N–H and O–H groups in total. The van der Waals surface area contributed by atoms with Crippen LogP contribution < -0.4 is 9.46 Å². The number of aromatic amines is 1. The van der Waals surface area contributed by atoms with Crippen molar-refractivity contribution < 1.29 is 4.74 Å². The largest absolute Gasteiger partial charge is 0.477 e. The van der Waals surface area contributed by atoms with E-state index in [2.05, 4.69) is 33.5 Å². The number of ether oxygens (including phenoxy) is 1. The lowest BCUT2D eigenvalue weighted by atomic mass is 10.2. The van der Waals surface area contributed by atoms with E-state index < -0.39 is 0 Å². The quantitative estimate of drug-likeness (QED) is 0.791. The highest BCUT2D eigenvalue weighted by Gasteiger charge is 2.12. The van der Waals surface area contributed by atoms with Crippen molar-refractivity contribution in [1.29, 1.82) is 0 Å². The molecule has 0 radical (unpaired) electrons. The molecular weight excluding hydrogens is 260 g/mol. The van der Waals surface area contributed by atoms with Gasteiger partial charge in [0.2, 0.25) is 5.88 Å². The number of H-pyrrole nitrogens is 1. The van der Waals surface area contributed by atoms with E-state index in [1.165, 1.54) is 18.3 Å². The predicted octanol–water partition coefficient (Wildman–Crippen LogP) is 3.59. The van der Waals surface area contributed by atoms with Gasteiger partial charge in [-0.1, -0.05) is 19.9 Å². The second-order valence-electron chi connectivity index (χ2n) is 4.50. The number of fused-ring (bicyclic) bond motifs is 1. The Morgan fingerprint density at radius 1 is 1.47 bits per heavy atom. The van der Waals surface area contributed by atoms with E-state index in [1.54, 1.807) is 0 Å². The molecule has 0 aromatic carbocycles. The third kappa shape index (κ3) is 3.41. The summed E-state index contributed by atoms with van der Waals surface area (Å²) in [5, 5.41) is 2.86. The summed E-state index contributed by atoms with van der Waals surface area (Å²) in [5.74, 6) is 1.07. The summed E-state index contributed by atoms with van der Waals surface area (Å²) in [7, 11) is 0. The first-order chi connectivity index (χ1) is 9.22. The molecule has 2 aromatic heterocycles. The van der Waals surface area contributed by atoms with Crippen LogP contribution >= 0.6 is 11.9 Å². The molecule has 0 amide bonds. The molecule has 0 saturated heterocycles. The van der Waals surface area contributed by atoms with Crippen molar-refractivity contribution in [3.8, 4) is 5.88 Å². The van der Waals surface area contributed by atoms with Crippen LogP contribution in [-0.2, 0) is 0 Å². The molecular formula is C13H18N4OS. The Kier molecular flexibility index (Phi) is 4.68. The van der Waals surface area contributed by atoms with E-state index in [0.29, 0.717) is 18.4 Å². The topological polar surface area (TPSA) is 62.8 Å². The summed E-state index contributed by atoms with van der Waals surface area (Å²) in [6, 6.07) is 0. The van der Waals surface area contributed by atoms with Crippen LogP contribution in [-0.4, -0.2) is 21.6 Å². The molecule has 0 saturated carbocycles. The number of nitrogens with one attached hydrogen (secondary N) is 2. The van der Waals surface area contributed by atoms with Gasteiger partial charge >= 0.3 is 0 Å². The number of rotatable bonds is 6. The fourth-order valence-corrected chi connectivity index (χ4v) is 2.03. The van der Waals surface area contributed by atoms with E-state index in [0.717, 1.165) is 16.7 Å². The molecule has 0 fully saturated rings. The van der Waals surface area contributed by atoms with Gasteiger partial charge in [-0.05, 0) is 30.2 Å². The molecule has 0 aliphatic rings. The summed E-state index contributed by atoms with van der Waals surface area (Å²) < 4.78 is 8.98. The van der Waals surface area contributed by atoms with Crippen LogP contribution in [0.4, 0.5) is 5.69 Å². The number of hydrogen-bond acceptors (Lipinski definition) is 5. The van der Waals surface area contributed by atoms with Gasteiger partial charge in [0.1, 0.15) is 17.4 Å². The average Bonchev–Trinajstić information content (AvgIpc) is 2.81. The van der Waals surface area contributed by atoms with Crippen molar-refractivity contribution in [2.45, 2.75) is 20.8 Å². The van der Waals surface area contributed by atoms with Crippen LogP contribution in [0.2, 0.25) is 0 Å². The average molecular weight is 278 g/mol. The normalized spacial score (nSPS) is 11.6. The maximum Gasteiger partial charge on any atom is 0.228 e. The van der Waals surface area contributed by atoms with Gasteiger partial charge in [-0.3, -0.25) is 0 Å². The SMILES string of the molecule is CC=CSNc1c[nH]c2ncnc(OCC(C)C)c12. The Balaban J connectivity index is 2.26. The summed E-state index contributed by atoms with van der Waals surface area (Å²) in [5.41, 5.74) is 1.70. The van der Waals surface area contributed by atoms with E-state index >= 15 is 0 Å². The number of hydrogen-bond donors (Lipinski definition) is 2. The van der Waals surface area contributed by atoms with Gasteiger partial charge in [0.15, 0.2) is 0 Å². The fraction of sp³-hybridized carbons (Fsp3) is 0.385. The van der Waals surface area contributed by atoms with Gasteiger partial charge in [-0.2, -0.15) is 0 Å². The molecule has 19 heavy (non-hydrogen) atoms. The fourth-order valence-electron chi connectivity index (χ4n) is 1.54. The van der Waals surface area contributed by atoms with E-state index in [1.807, 2.05) is 24.6 Å². The minimum Gasteiger partial charge on any atom is -0.477 e. The highest BCUT2D eigenvalue weighted by Crippen LogP contribution is 2.31. The first kappa shape index (κ1) is 13.7. The molecule has 2 heterocycles. The molecule has 0 aliphatic heterocycles. The van der Waals surface area contributed by atoms with Crippen LogP contribution in [0.5, 0.6) is 5.88 Å². The highest BCUT2D eigenvalue weighted by molar-refractivity contribution is 8.03. The zero-order chi connectivity index (χ0) is 13.7. The lowest BCUT2D eigenvalue weighted by molar-refractivity contribution is 0.264. The van der Waals surface area contributed by atoms with Crippen molar-refractivity contribution in [2.75, 3.05) is 11.3 Å². The van der Waals surface area contributed by atoms with E-state index in [4.69, 9.17) is 4.74 Å². The van der Waals surface area contributed by atoms with Crippen molar-refractivity contribution in [2.24, 2.45) is 5.92 Å². The third-order valence-electron chi connectivity index (χ3n) is 2.36. The molecule has 0 atom stereocenters. The monoisotopic (exact) mass is 278 g/mol. The molecule has 6 heteroatoms. The zero-order valence-corrected chi connectivity index (χ0v) is 12.1. The summed E-state index contributed by atoms with van der Waals surface area (Å²) in [4.78, 5) is 11.5. The molecule has 102 valence electrons. The molecule has 0 aliphatic carbocycles. The smallest absolute Gasteiger partial charge is 0.228 e. The minimum absolute atomic E-state index is 0.456. The Morgan fingerprint density at radius 2 is 2.32 bits per heavy atom. The lowest BCUT2D eigenvalue weighted by Gasteiger charge is -2.09. The Labute approximate surface area is 117 Å². The maximum atomic E-state index is 5.75. The Bertz CT molecular complexity index is 565. The second-order valence-corrected chi connectivity index (χ2v) is 5.21. The zero-order valence-electron chi connectivity index (χ0n) is 11.3. The Morgan fingerprint density at radius 3 is 3.05 bits per heavy atom. The molecule has 0 bridgehead atoms. The van der Waals surface area contributed by atoms with Gasteiger partial charge in [0, 0.05) is 6.20 Å². The van der Waals surface area contributed by atoms with Gasteiger partial charge in [0.05, 0.1) is 12.3 Å². The van der Waals surface area contributed by atoms with Crippen LogP contribution in [0.15, 0.2) is 24.0 Å². The van der Waals surface area contributed by atoms with Crippen LogP contribution in [0.3, 0.4) is 0 Å². The molecule has 2 aromatic rings. The Hall–Kier alpha value is -1.69. The van der Waals surface area contributed by atoms with Gasteiger partial charge in [-0.25, -0.2) is 9.97 Å². The van der Waals surface area contributed by atoms with Crippen molar-refractivity contribution >= 4 is 28.7 Å². The van der Waals surface area contributed by atoms with Crippen LogP contribution in [0.25, 0.3) is 11.0 Å². The molecule has 5 nitrogen and oxygen atoms in total. The van der Waals surface area contributed by atoms with Crippen molar-refractivity contribution in [3.63, 3.8) is 0 Å². The maximum absolute atomic E-state index is 5.75. The first-order valence-electron chi connectivity index (χ1n) is 6.20. The van der Waals surface area contributed by atoms with Gasteiger partial charge < -0.3 is 14.4 Å². The lowest BCUT2D eigenvalue weighted by Crippen LogP contribution is -2.06. The molecule has 0 unspecified atom stereocenters. The number of anilines is 1. The van der Waals surface area contributed by atoms with Gasteiger partial charge in [0.25, 0.3) is 0 Å². The highest BCUT2D eigenvalue weighted by atomic mass is 32.2. The van der Waals surface area contributed by atoms with E-state index in [-0.39, 0.29) is 0 Å². The standard InChI is InChI=1S/C13H18N4OS/c1-4-5-19-17-10-6-14-12-11(10)13(16-8-15-12)18-7-9(2)3/h4-6,8-9,17H,7H2,1-3H3,(H,14,15,16). The third-order valence-corrected chi connectivity index (χ3v) is 3.11. The van der Waals surface area contributed by atoms with E-state index in [9.17, 15) is 0 Å². The van der Waals surface area contributed by atoms with Crippen molar-refractivity contribution in [1.82, 2.24) is 15.0 Å². The summed E-state index contributed by atoms with van der Waals surface area (Å²) in [6.07, 6.45) is 5.36. The number of nitrogens with zero attached hydrogens (tertiary/aromatic N) is 2. The predicted molar refractivity (Wildman–Crippen MR) is 80.2 cm³/mol. The molecule has 2 rings (SSSR count). The van der Waals surface area contributed by atoms with Crippen LogP contribution in [0, 0.1) is 5.92 Å². The first-order valence-corrected chi connectivity index (χ1v) is 7.08. The van der Waals surface area contributed by atoms with Gasteiger partial charge in [-0.15, -0.1) is 0 Å². The number of aromatic nitrogens is 3. The minimum atomic E-state index is 0.456. The number of allylic oxidation sites excluding steroid dienone is 1. The second kappa shape index (κ2) is 6.47. The summed E-state index contributed by atoms with van der Waals surface area (Å²) >= 11 is 1.50. The molecule has 0 spiro atoms. The van der Waals surface area contributed by atoms with Crippen LogP contribution in [0.1, 0.15) is 20.8 Å².